The highest BCUT2D eigenvalue weighted by molar-refractivity contribution is 6.30. The molecule has 1 aliphatic heterocycles. The predicted octanol–water partition coefficient (Wildman–Crippen LogP) is 4.17. The number of fused-ring (bicyclic) bond motifs is 1. The van der Waals surface area contributed by atoms with Crippen molar-refractivity contribution in [2.24, 2.45) is 0 Å². The van der Waals surface area contributed by atoms with Crippen LogP contribution in [0, 0.1) is 0 Å². The topological polar surface area (TPSA) is 39.1 Å². The smallest absolute Gasteiger partial charge is 0.144 e. The number of nitrogens with one attached hydrogen (secondary N) is 1. The highest BCUT2D eigenvalue weighted by Gasteiger charge is 2.24. The standard InChI is InChI=1S/C18H16ClN3O/c1-23-16-5-3-2-4-15(16)22-18-14(10-11-20-18)17(21-22)12-6-8-13(19)9-7-12/h2-9,20H,10-11H2,1H3. The Kier molecular flexibility index (Phi) is 3.46. The number of halogens is 1. The molecule has 0 saturated heterocycles. The average Bonchev–Trinajstić information content (AvgIpc) is 3.18. The molecule has 2 aromatic carbocycles. The summed E-state index contributed by atoms with van der Waals surface area (Å²) in [5.41, 5.74) is 4.23. The highest BCUT2D eigenvalue weighted by Crippen LogP contribution is 2.36. The molecule has 4 nitrogen and oxygen atoms in total. The minimum Gasteiger partial charge on any atom is -0.494 e. The zero-order valence-corrected chi connectivity index (χ0v) is 13.5. The van der Waals surface area contributed by atoms with Crippen LogP contribution in [0.4, 0.5) is 5.82 Å². The number of benzene rings is 2. The van der Waals surface area contributed by atoms with Crippen LogP contribution in [0.3, 0.4) is 0 Å². The molecule has 0 radical (unpaired) electrons. The van der Waals surface area contributed by atoms with E-state index in [0.29, 0.717) is 0 Å². The molecule has 1 aromatic heterocycles. The predicted molar refractivity (Wildman–Crippen MR) is 92.8 cm³/mol. The summed E-state index contributed by atoms with van der Waals surface area (Å²) >= 11 is 6.00. The third kappa shape index (κ3) is 2.35. The van der Waals surface area contributed by atoms with Gasteiger partial charge in [-0.1, -0.05) is 35.9 Å². The van der Waals surface area contributed by atoms with Crippen LogP contribution in [-0.4, -0.2) is 23.4 Å². The molecule has 0 saturated carbocycles. The van der Waals surface area contributed by atoms with E-state index in [1.807, 2.05) is 53.2 Å². The van der Waals surface area contributed by atoms with Crippen molar-refractivity contribution >= 4 is 17.4 Å². The van der Waals surface area contributed by atoms with Gasteiger partial charge in [0.25, 0.3) is 0 Å². The van der Waals surface area contributed by atoms with E-state index in [9.17, 15) is 0 Å². The molecule has 2 heterocycles. The van der Waals surface area contributed by atoms with Gasteiger partial charge in [-0.05, 0) is 30.7 Å². The van der Waals surface area contributed by atoms with E-state index in [1.165, 1.54) is 5.56 Å². The van der Waals surface area contributed by atoms with Crippen molar-refractivity contribution in [1.29, 1.82) is 0 Å². The molecule has 5 heteroatoms. The average molecular weight is 326 g/mol. The van der Waals surface area contributed by atoms with Crippen molar-refractivity contribution in [2.75, 3.05) is 19.0 Å². The van der Waals surface area contributed by atoms with Gasteiger partial charge in [-0.15, -0.1) is 0 Å². The van der Waals surface area contributed by atoms with Crippen LogP contribution in [0.15, 0.2) is 48.5 Å². The van der Waals surface area contributed by atoms with Crippen molar-refractivity contribution in [3.05, 3.63) is 59.1 Å². The summed E-state index contributed by atoms with van der Waals surface area (Å²) in [5.74, 6) is 1.84. The van der Waals surface area contributed by atoms with E-state index in [1.54, 1.807) is 7.11 Å². The molecule has 0 bridgehead atoms. The van der Waals surface area contributed by atoms with Gasteiger partial charge in [0.15, 0.2) is 0 Å². The molecule has 0 fully saturated rings. The Balaban J connectivity index is 1.90. The fourth-order valence-electron chi connectivity index (χ4n) is 2.99. The lowest BCUT2D eigenvalue weighted by Gasteiger charge is -2.10. The van der Waals surface area contributed by atoms with Crippen molar-refractivity contribution in [1.82, 2.24) is 9.78 Å². The molecule has 3 aromatic rings. The molecule has 0 spiro atoms. The van der Waals surface area contributed by atoms with Crippen LogP contribution in [0.2, 0.25) is 5.02 Å². The summed E-state index contributed by atoms with van der Waals surface area (Å²) in [6.07, 6.45) is 0.961. The maximum Gasteiger partial charge on any atom is 0.144 e. The molecule has 1 N–H and O–H groups in total. The molecule has 0 aliphatic carbocycles. The molecular formula is C18H16ClN3O. The third-order valence-corrected chi connectivity index (χ3v) is 4.33. The molecule has 4 rings (SSSR count). The van der Waals surface area contributed by atoms with Crippen LogP contribution in [0.5, 0.6) is 5.75 Å². The number of hydrogen-bond acceptors (Lipinski definition) is 3. The molecule has 0 unspecified atom stereocenters. The van der Waals surface area contributed by atoms with E-state index in [4.69, 9.17) is 21.4 Å². The lowest BCUT2D eigenvalue weighted by atomic mass is 10.1. The van der Waals surface area contributed by atoms with Crippen LogP contribution in [0.25, 0.3) is 16.9 Å². The largest absolute Gasteiger partial charge is 0.494 e. The first-order valence-corrected chi connectivity index (χ1v) is 7.91. The van der Waals surface area contributed by atoms with E-state index >= 15 is 0 Å². The Morgan fingerprint density at radius 1 is 1.13 bits per heavy atom. The number of rotatable bonds is 3. The molecule has 23 heavy (non-hydrogen) atoms. The second kappa shape index (κ2) is 5.63. The number of methoxy groups -OCH3 is 1. The summed E-state index contributed by atoms with van der Waals surface area (Å²) in [6.45, 7) is 0.920. The van der Waals surface area contributed by atoms with E-state index in [2.05, 4.69) is 5.32 Å². The molecule has 0 atom stereocenters. The van der Waals surface area contributed by atoms with E-state index in [0.717, 1.165) is 46.5 Å². The number of aromatic nitrogens is 2. The Morgan fingerprint density at radius 3 is 2.70 bits per heavy atom. The van der Waals surface area contributed by atoms with Gasteiger partial charge < -0.3 is 10.1 Å². The maximum atomic E-state index is 6.00. The van der Waals surface area contributed by atoms with Crippen LogP contribution in [0.1, 0.15) is 5.56 Å². The third-order valence-electron chi connectivity index (χ3n) is 4.08. The zero-order chi connectivity index (χ0) is 15.8. The van der Waals surface area contributed by atoms with Gasteiger partial charge in [-0.25, -0.2) is 4.68 Å². The summed E-state index contributed by atoms with van der Waals surface area (Å²) in [6, 6.07) is 15.7. The number of hydrogen-bond donors (Lipinski definition) is 1. The van der Waals surface area contributed by atoms with Crippen molar-refractivity contribution in [2.45, 2.75) is 6.42 Å². The Bertz CT molecular complexity index is 855. The first-order chi connectivity index (χ1) is 11.3. The van der Waals surface area contributed by atoms with Gasteiger partial charge in [0.1, 0.15) is 17.3 Å². The number of para-hydroxylation sites is 2. The summed E-state index contributed by atoms with van der Waals surface area (Å²) in [7, 11) is 1.68. The van der Waals surface area contributed by atoms with Crippen molar-refractivity contribution < 1.29 is 4.74 Å². The molecular weight excluding hydrogens is 310 g/mol. The number of anilines is 1. The van der Waals surface area contributed by atoms with Gasteiger partial charge in [0, 0.05) is 22.7 Å². The van der Waals surface area contributed by atoms with Crippen molar-refractivity contribution in [3.8, 4) is 22.7 Å². The van der Waals surface area contributed by atoms with Gasteiger partial charge in [0.05, 0.1) is 12.8 Å². The second-order valence-corrected chi connectivity index (χ2v) is 5.88. The number of nitrogens with zero attached hydrogens (tertiary/aromatic N) is 2. The Labute approximate surface area is 139 Å². The van der Waals surface area contributed by atoms with Gasteiger partial charge >= 0.3 is 0 Å². The van der Waals surface area contributed by atoms with Crippen LogP contribution in [-0.2, 0) is 6.42 Å². The molecule has 116 valence electrons. The van der Waals surface area contributed by atoms with Crippen LogP contribution < -0.4 is 10.1 Å². The fraction of sp³-hybridized carbons (Fsp3) is 0.167. The molecule has 0 amide bonds. The maximum absolute atomic E-state index is 6.00. The highest BCUT2D eigenvalue weighted by atomic mass is 35.5. The first-order valence-electron chi connectivity index (χ1n) is 7.53. The SMILES string of the molecule is COc1ccccc1-n1nc(-c2ccc(Cl)cc2)c2c1NCC2. The minimum atomic E-state index is 0.729. The lowest BCUT2D eigenvalue weighted by Crippen LogP contribution is -2.05. The summed E-state index contributed by atoms with van der Waals surface area (Å²) in [4.78, 5) is 0. The van der Waals surface area contributed by atoms with E-state index < -0.39 is 0 Å². The Morgan fingerprint density at radius 2 is 1.91 bits per heavy atom. The van der Waals surface area contributed by atoms with E-state index in [-0.39, 0.29) is 0 Å². The monoisotopic (exact) mass is 325 g/mol. The number of ether oxygens (including phenoxy) is 1. The fourth-order valence-corrected chi connectivity index (χ4v) is 3.12. The Hall–Kier alpha value is -2.46. The summed E-state index contributed by atoms with van der Waals surface area (Å²) in [5, 5.41) is 9.01. The van der Waals surface area contributed by atoms with Gasteiger partial charge in [0.2, 0.25) is 0 Å². The first kappa shape index (κ1) is 14.2. The van der Waals surface area contributed by atoms with Gasteiger partial charge in [-0.2, -0.15) is 5.10 Å². The molecule has 1 aliphatic rings. The summed E-state index contributed by atoms with van der Waals surface area (Å²) < 4.78 is 7.42. The lowest BCUT2D eigenvalue weighted by molar-refractivity contribution is 0.412. The second-order valence-electron chi connectivity index (χ2n) is 5.44. The van der Waals surface area contributed by atoms with Gasteiger partial charge in [-0.3, -0.25) is 0 Å². The quantitative estimate of drug-likeness (QED) is 0.785. The van der Waals surface area contributed by atoms with Crippen LogP contribution >= 0.6 is 11.6 Å². The normalized spacial score (nSPS) is 12.8. The zero-order valence-electron chi connectivity index (χ0n) is 12.7. The van der Waals surface area contributed by atoms with Crippen molar-refractivity contribution in [3.63, 3.8) is 0 Å². The minimum absolute atomic E-state index is 0.729.